The van der Waals surface area contributed by atoms with E-state index in [1.165, 1.54) is 11.9 Å². The molecule has 0 atom stereocenters. The van der Waals surface area contributed by atoms with Crippen LogP contribution in [-0.2, 0) is 16.1 Å². The number of urea groups is 1. The van der Waals surface area contributed by atoms with Crippen LogP contribution in [0, 0.1) is 0 Å². The van der Waals surface area contributed by atoms with E-state index in [0.717, 1.165) is 10.6 Å². The molecule has 1 heterocycles. The third-order valence-electron chi connectivity index (χ3n) is 2.67. The van der Waals surface area contributed by atoms with Gasteiger partial charge in [-0.3, -0.25) is 14.9 Å². The van der Waals surface area contributed by atoms with Gasteiger partial charge in [0.15, 0.2) is 0 Å². The topological polar surface area (TPSA) is 69.7 Å². The minimum Gasteiger partial charge on any atom is -0.275 e. The smallest absolute Gasteiger partial charge is 0.275 e. The van der Waals surface area contributed by atoms with Gasteiger partial charge in [0.25, 0.3) is 0 Å². The van der Waals surface area contributed by atoms with Crippen molar-refractivity contribution >= 4 is 29.4 Å². The van der Waals surface area contributed by atoms with E-state index in [4.69, 9.17) is 11.6 Å². The highest BCUT2D eigenvalue weighted by Gasteiger charge is 2.32. The van der Waals surface area contributed by atoms with E-state index in [0.29, 0.717) is 5.02 Å². The van der Waals surface area contributed by atoms with Gasteiger partial charge in [-0.1, -0.05) is 23.7 Å². The minimum atomic E-state index is -0.610. The second-order valence-electron chi connectivity index (χ2n) is 4.11. The molecule has 0 aliphatic carbocycles. The molecule has 1 aromatic carbocycles. The Kier molecular flexibility index (Phi) is 3.71. The molecule has 0 bridgehead atoms. The molecule has 7 heteroatoms. The lowest BCUT2D eigenvalue weighted by Crippen LogP contribution is -2.61. The minimum absolute atomic E-state index is 0.158. The molecule has 1 aliphatic rings. The average molecular weight is 282 g/mol. The Morgan fingerprint density at radius 2 is 1.95 bits per heavy atom. The summed E-state index contributed by atoms with van der Waals surface area (Å²) in [6.45, 7) is 1.34. The van der Waals surface area contributed by atoms with Crippen molar-refractivity contribution in [2.45, 2.75) is 13.5 Å². The summed E-state index contributed by atoms with van der Waals surface area (Å²) in [4.78, 5) is 34.5. The van der Waals surface area contributed by atoms with Crippen LogP contribution in [0.5, 0.6) is 0 Å². The molecule has 100 valence electrons. The molecule has 0 saturated carbocycles. The summed E-state index contributed by atoms with van der Waals surface area (Å²) >= 11 is 5.78. The third-order valence-corrected chi connectivity index (χ3v) is 2.93. The quantitative estimate of drug-likeness (QED) is 0.884. The van der Waals surface area contributed by atoms with Gasteiger partial charge in [-0.15, -0.1) is 0 Å². The lowest BCUT2D eigenvalue weighted by atomic mass is 10.2. The van der Waals surface area contributed by atoms with E-state index in [-0.39, 0.29) is 19.0 Å². The van der Waals surface area contributed by atoms with Gasteiger partial charge in [-0.25, -0.2) is 14.8 Å². The third kappa shape index (κ3) is 3.03. The predicted molar refractivity (Wildman–Crippen MR) is 67.9 cm³/mol. The lowest BCUT2D eigenvalue weighted by molar-refractivity contribution is -0.151. The maximum absolute atomic E-state index is 11.8. The SMILES string of the molecule is CC(=O)N1CC(=O)NC(=O)N1Cc1ccc(Cl)cc1. The number of amides is 4. The van der Waals surface area contributed by atoms with Crippen molar-refractivity contribution in [2.24, 2.45) is 0 Å². The van der Waals surface area contributed by atoms with Crippen molar-refractivity contribution in [3.63, 3.8) is 0 Å². The zero-order valence-corrected chi connectivity index (χ0v) is 11.0. The first-order valence-electron chi connectivity index (χ1n) is 5.61. The Hall–Kier alpha value is -2.08. The van der Waals surface area contributed by atoms with E-state index in [1.807, 2.05) is 0 Å². The number of nitrogens with zero attached hydrogens (tertiary/aromatic N) is 2. The van der Waals surface area contributed by atoms with Gasteiger partial charge in [0, 0.05) is 11.9 Å². The van der Waals surface area contributed by atoms with Gasteiger partial charge < -0.3 is 0 Å². The number of carbonyl (C=O) groups excluding carboxylic acids is 3. The van der Waals surface area contributed by atoms with Crippen LogP contribution in [-0.4, -0.2) is 34.4 Å². The Bertz CT molecular complexity index is 530. The van der Waals surface area contributed by atoms with Crippen LogP contribution < -0.4 is 5.32 Å². The van der Waals surface area contributed by atoms with Gasteiger partial charge in [0.1, 0.15) is 6.54 Å². The van der Waals surface area contributed by atoms with Crippen LogP contribution in [0.1, 0.15) is 12.5 Å². The van der Waals surface area contributed by atoms with Crippen LogP contribution in [0.25, 0.3) is 0 Å². The number of benzene rings is 1. The number of nitrogens with one attached hydrogen (secondary N) is 1. The van der Waals surface area contributed by atoms with Crippen molar-refractivity contribution in [1.82, 2.24) is 15.3 Å². The zero-order valence-electron chi connectivity index (χ0n) is 10.2. The number of hydrogen-bond donors (Lipinski definition) is 1. The number of hydrogen-bond acceptors (Lipinski definition) is 3. The molecule has 1 aliphatic heterocycles. The van der Waals surface area contributed by atoms with Gasteiger partial charge in [0.2, 0.25) is 11.8 Å². The highest BCUT2D eigenvalue weighted by atomic mass is 35.5. The molecule has 6 nitrogen and oxygen atoms in total. The van der Waals surface area contributed by atoms with Crippen LogP contribution in [0.15, 0.2) is 24.3 Å². The van der Waals surface area contributed by atoms with Crippen molar-refractivity contribution in [1.29, 1.82) is 0 Å². The van der Waals surface area contributed by atoms with Crippen molar-refractivity contribution < 1.29 is 14.4 Å². The lowest BCUT2D eigenvalue weighted by Gasteiger charge is -2.36. The largest absolute Gasteiger partial charge is 0.343 e. The molecule has 1 N–H and O–H groups in total. The molecule has 0 unspecified atom stereocenters. The van der Waals surface area contributed by atoms with Crippen molar-refractivity contribution in [3.8, 4) is 0 Å². The van der Waals surface area contributed by atoms with Gasteiger partial charge in [-0.05, 0) is 17.7 Å². The summed E-state index contributed by atoms with van der Waals surface area (Å²) in [6, 6.07) is 6.29. The summed E-state index contributed by atoms with van der Waals surface area (Å²) in [6.07, 6.45) is 0. The molecular weight excluding hydrogens is 270 g/mol. The van der Waals surface area contributed by atoms with E-state index in [9.17, 15) is 14.4 Å². The molecule has 19 heavy (non-hydrogen) atoms. The number of imide groups is 1. The summed E-state index contributed by atoms with van der Waals surface area (Å²) in [5.74, 6) is -0.857. The maximum atomic E-state index is 11.8. The summed E-state index contributed by atoms with van der Waals surface area (Å²) in [5.41, 5.74) is 0.806. The maximum Gasteiger partial charge on any atom is 0.343 e. The molecule has 4 amide bonds. The van der Waals surface area contributed by atoms with Crippen LogP contribution in [0.2, 0.25) is 5.02 Å². The molecule has 1 saturated heterocycles. The standard InChI is InChI=1S/C12H12ClN3O3/c1-8(17)15-7-11(18)14-12(19)16(15)6-9-2-4-10(13)5-3-9/h2-5H,6-7H2,1H3,(H,14,18,19). The van der Waals surface area contributed by atoms with E-state index in [2.05, 4.69) is 5.32 Å². The number of halogens is 1. The second kappa shape index (κ2) is 5.27. The van der Waals surface area contributed by atoms with Crippen LogP contribution in [0.3, 0.4) is 0 Å². The molecule has 2 rings (SSSR count). The van der Waals surface area contributed by atoms with Gasteiger partial charge in [0.05, 0.1) is 6.54 Å². The zero-order chi connectivity index (χ0) is 14.0. The van der Waals surface area contributed by atoms with Crippen LogP contribution in [0.4, 0.5) is 4.79 Å². The summed E-state index contributed by atoms with van der Waals surface area (Å²) in [5, 5.41) is 5.08. The van der Waals surface area contributed by atoms with E-state index in [1.54, 1.807) is 24.3 Å². The summed E-state index contributed by atoms with van der Waals surface area (Å²) in [7, 11) is 0. The summed E-state index contributed by atoms with van der Waals surface area (Å²) < 4.78 is 0. The Morgan fingerprint density at radius 1 is 1.32 bits per heavy atom. The molecular formula is C12H12ClN3O3. The first-order valence-corrected chi connectivity index (χ1v) is 5.99. The van der Waals surface area contributed by atoms with Gasteiger partial charge >= 0.3 is 6.03 Å². The van der Waals surface area contributed by atoms with Crippen molar-refractivity contribution in [3.05, 3.63) is 34.9 Å². The predicted octanol–water partition coefficient (Wildman–Crippen LogP) is 1.16. The molecule has 0 radical (unpaired) electrons. The molecule has 0 spiro atoms. The highest BCUT2D eigenvalue weighted by Crippen LogP contribution is 2.14. The van der Waals surface area contributed by atoms with E-state index < -0.39 is 11.9 Å². The fraction of sp³-hybridized carbons (Fsp3) is 0.250. The second-order valence-corrected chi connectivity index (χ2v) is 4.55. The molecule has 0 aromatic heterocycles. The number of hydrazine groups is 1. The highest BCUT2D eigenvalue weighted by molar-refractivity contribution is 6.30. The Morgan fingerprint density at radius 3 is 2.53 bits per heavy atom. The average Bonchev–Trinajstić information content (AvgIpc) is 2.34. The molecule has 1 aromatic rings. The number of rotatable bonds is 2. The Labute approximate surface area is 114 Å². The monoisotopic (exact) mass is 281 g/mol. The van der Waals surface area contributed by atoms with Crippen molar-refractivity contribution in [2.75, 3.05) is 6.54 Å². The molecule has 1 fully saturated rings. The Balaban J connectivity index is 2.20. The first kappa shape index (κ1) is 13.4. The number of carbonyl (C=O) groups is 3. The fourth-order valence-corrected chi connectivity index (χ4v) is 1.88. The fourth-order valence-electron chi connectivity index (χ4n) is 1.76. The van der Waals surface area contributed by atoms with Gasteiger partial charge in [-0.2, -0.15) is 0 Å². The van der Waals surface area contributed by atoms with E-state index >= 15 is 0 Å². The first-order chi connectivity index (χ1) is 8.97. The normalized spacial score (nSPS) is 15.5. The van der Waals surface area contributed by atoms with Crippen LogP contribution >= 0.6 is 11.6 Å².